The van der Waals surface area contributed by atoms with Gasteiger partial charge in [-0.25, -0.2) is 9.59 Å². The minimum Gasteiger partial charge on any atom is -0.493 e. The molecular formula is C22H24N2O6. The zero-order valence-corrected chi connectivity index (χ0v) is 17.3. The van der Waals surface area contributed by atoms with Crippen LogP contribution >= 0.6 is 0 Å². The summed E-state index contributed by atoms with van der Waals surface area (Å²) in [5.74, 6) is 1.05. The lowest BCUT2D eigenvalue weighted by molar-refractivity contribution is -0.136. The third kappa shape index (κ3) is 4.48. The number of carbonyl (C=O) groups excluding carboxylic acids is 2. The van der Waals surface area contributed by atoms with Gasteiger partial charge in [-0.3, -0.25) is 0 Å². The highest BCUT2D eigenvalue weighted by molar-refractivity contribution is 5.95. The van der Waals surface area contributed by atoms with Crippen molar-refractivity contribution >= 4 is 12.0 Å². The molecule has 158 valence electrons. The van der Waals surface area contributed by atoms with Crippen molar-refractivity contribution in [2.45, 2.75) is 13.0 Å². The van der Waals surface area contributed by atoms with Crippen LogP contribution < -0.4 is 24.8 Å². The summed E-state index contributed by atoms with van der Waals surface area (Å²) >= 11 is 0. The number of carbonyl (C=O) groups is 2. The van der Waals surface area contributed by atoms with Crippen LogP contribution in [0.25, 0.3) is 0 Å². The molecule has 30 heavy (non-hydrogen) atoms. The molecule has 0 bridgehead atoms. The lowest BCUT2D eigenvalue weighted by Gasteiger charge is -2.29. The van der Waals surface area contributed by atoms with Crippen LogP contribution in [0.2, 0.25) is 0 Å². The maximum Gasteiger partial charge on any atom is 0.338 e. The molecule has 1 heterocycles. The molecule has 0 saturated carbocycles. The van der Waals surface area contributed by atoms with Crippen molar-refractivity contribution in [1.29, 1.82) is 0 Å². The minimum atomic E-state index is -0.748. The van der Waals surface area contributed by atoms with Gasteiger partial charge in [0.1, 0.15) is 12.4 Å². The topological polar surface area (TPSA) is 95.1 Å². The summed E-state index contributed by atoms with van der Waals surface area (Å²) in [6, 6.07) is 11.4. The number of nitrogens with one attached hydrogen (secondary N) is 2. The molecule has 1 atom stereocenters. The third-order valence-electron chi connectivity index (χ3n) is 4.70. The highest BCUT2D eigenvalue weighted by atomic mass is 16.5. The number of hydrogen-bond acceptors (Lipinski definition) is 6. The van der Waals surface area contributed by atoms with Gasteiger partial charge in [0.15, 0.2) is 11.5 Å². The van der Waals surface area contributed by atoms with Crippen molar-refractivity contribution in [2.24, 2.45) is 0 Å². The molecule has 1 aliphatic rings. The maximum atomic E-state index is 12.6. The lowest BCUT2D eigenvalue weighted by atomic mass is 9.95. The summed E-state index contributed by atoms with van der Waals surface area (Å²) in [7, 11) is 4.33. The van der Waals surface area contributed by atoms with Gasteiger partial charge >= 0.3 is 12.0 Å². The number of hydrogen-bond donors (Lipinski definition) is 2. The Morgan fingerprint density at radius 2 is 1.70 bits per heavy atom. The van der Waals surface area contributed by atoms with E-state index in [1.165, 1.54) is 21.3 Å². The molecule has 2 N–H and O–H groups in total. The first kappa shape index (κ1) is 21.0. The van der Waals surface area contributed by atoms with E-state index in [4.69, 9.17) is 18.9 Å². The number of esters is 1. The molecule has 1 unspecified atom stereocenters. The predicted molar refractivity (Wildman–Crippen MR) is 110 cm³/mol. The van der Waals surface area contributed by atoms with Gasteiger partial charge in [0, 0.05) is 0 Å². The number of urea groups is 1. The van der Waals surface area contributed by atoms with Crippen LogP contribution in [0.5, 0.6) is 17.2 Å². The summed E-state index contributed by atoms with van der Waals surface area (Å²) in [4.78, 5) is 24.9. The Labute approximate surface area is 174 Å². The van der Waals surface area contributed by atoms with E-state index in [2.05, 4.69) is 10.6 Å². The van der Waals surface area contributed by atoms with Crippen LogP contribution in [-0.4, -0.2) is 39.9 Å². The van der Waals surface area contributed by atoms with Gasteiger partial charge in [-0.05, 0) is 36.8 Å². The van der Waals surface area contributed by atoms with E-state index < -0.39 is 18.0 Å². The average molecular weight is 412 g/mol. The fraction of sp³-hybridized carbons (Fsp3) is 0.273. The molecule has 2 aromatic carbocycles. The van der Waals surface area contributed by atoms with E-state index in [-0.39, 0.29) is 12.2 Å². The van der Waals surface area contributed by atoms with Crippen LogP contribution in [0.15, 0.2) is 53.7 Å². The Morgan fingerprint density at radius 3 is 2.33 bits per heavy atom. The predicted octanol–water partition coefficient (Wildman–Crippen LogP) is 2.87. The highest BCUT2D eigenvalue weighted by Crippen LogP contribution is 2.34. The largest absolute Gasteiger partial charge is 0.493 e. The molecular weight excluding hydrogens is 388 g/mol. The second kappa shape index (κ2) is 9.21. The molecule has 0 saturated heterocycles. The van der Waals surface area contributed by atoms with Gasteiger partial charge in [-0.2, -0.15) is 0 Å². The van der Waals surface area contributed by atoms with E-state index in [0.717, 1.165) is 5.56 Å². The Balaban J connectivity index is 1.98. The summed E-state index contributed by atoms with van der Waals surface area (Å²) in [6.07, 6.45) is 0. The van der Waals surface area contributed by atoms with Crippen LogP contribution in [0.1, 0.15) is 17.2 Å². The Bertz CT molecular complexity index is 968. The second-order valence-corrected chi connectivity index (χ2v) is 6.63. The van der Waals surface area contributed by atoms with E-state index in [1.807, 2.05) is 31.2 Å². The van der Waals surface area contributed by atoms with E-state index in [9.17, 15) is 9.59 Å². The van der Waals surface area contributed by atoms with Gasteiger partial charge in [-0.1, -0.05) is 23.8 Å². The molecule has 0 aliphatic carbocycles. The van der Waals surface area contributed by atoms with Crippen molar-refractivity contribution < 1.29 is 28.5 Å². The zero-order valence-electron chi connectivity index (χ0n) is 17.3. The normalized spacial score (nSPS) is 15.7. The van der Waals surface area contributed by atoms with E-state index >= 15 is 0 Å². The quantitative estimate of drug-likeness (QED) is 0.679. The Kier molecular flexibility index (Phi) is 6.46. The van der Waals surface area contributed by atoms with Crippen molar-refractivity contribution in [1.82, 2.24) is 10.6 Å². The molecule has 8 heteroatoms. The van der Waals surface area contributed by atoms with E-state index in [1.54, 1.807) is 18.2 Å². The Hall–Kier alpha value is -3.68. The molecule has 0 aromatic heterocycles. The molecule has 1 aliphatic heterocycles. The fourth-order valence-corrected chi connectivity index (χ4v) is 3.16. The first-order valence-electron chi connectivity index (χ1n) is 9.27. The van der Waals surface area contributed by atoms with Crippen LogP contribution in [0.3, 0.4) is 0 Å². The summed E-state index contributed by atoms with van der Waals surface area (Å²) in [5.41, 5.74) is 2.30. The number of ether oxygens (including phenoxy) is 4. The van der Waals surface area contributed by atoms with Gasteiger partial charge in [-0.15, -0.1) is 0 Å². The first-order chi connectivity index (χ1) is 14.5. The Morgan fingerprint density at radius 1 is 1.00 bits per heavy atom. The highest BCUT2D eigenvalue weighted by Gasteiger charge is 2.34. The van der Waals surface area contributed by atoms with Crippen LogP contribution in [0.4, 0.5) is 4.79 Å². The zero-order chi connectivity index (χ0) is 21.7. The number of benzene rings is 2. The van der Waals surface area contributed by atoms with Crippen LogP contribution in [0, 0.1) is 6.92 Å². The van der Waals surface area contributed by atoms with Crippen molar-refractivity contribution in [3.05, 3.63) is 64.9 Å². The summed E-state index contributed by atoms with van der Waals surface area (Å²) in [5, 5.41) is 5.42. The maximum absolute atomic E-state index is 12.6. The lowest BCUT2D eigenvalue weighted by Crippen LogP contribution is -2.47. The van der Waals surface area contributed by atoms with Gasteiger partial charge in [0.2, 0.25) is 0 Å². The van der Waals surface area contributed by atoms with E-state index in [0.29, 0.717) is 28.5 Å². The minimum absolute atomic E-state index is 0.00922. The van der Waals surface area contributed by atoms with Gasteiger partial charge in [0.05, 0.1) is 38.6 Å². The molecule has 0 spiro atoms. The molecule has 3 rings (SSSR count). The smallest absolute Gasteiger partial charge is 0.338 e. The monoisotopic (exact) mass is 412 g/mol. The number of rotatable bonds is 7. The summed E-state index contributed by atoms with van der Waals surface area (Å²) in [6.45, 7) is 1.97. The second-order valence-electron chi connectivity index (χ2n) is 6.63. The number of methoxy groups -OCH3 is 3. The molecule has 2 aromatic rings. The fourth-order valence-electron chi connectivity index (χ4n) is 3.16. The molecule has 2 amide bonds. The molecule has 0 fully saturated rings. The number of amides is 2. The summed E-state index contributed by atoms with van der Waals surface area (Å²) < 4.78 is 21.4. The van der Waals surface area contributed by atoms with Crippen LogP contribution in [-0.2, 0) is 9.53 Å². The van der Waals surface area contributed by atoms with Crippen molar-refractivity contribution in [3.63, 3.8) is 0 Å². The average Bonchev–Trinajstić information content (AvgIpc) is 2.77. The molecule has 0 radical (unpaired) electrons. The standard InChI is InChI=1S/C22H24N2O6/c1-13-5-8-15(9-6-13)30-12-16-19(21(25)29-4)20(24-22(26)23-16)14-7-10-17(27-2)18(11-14)28-3/h5-11,20H,12H2,1-4H3,(H2,23,24,26). The third-order valence-corrected chi connectivity index (χ3v) is 4.70. The van der Waals surface area contributed by atoms with Gasteiger partial charge < -0.3 is 29.6 Å². The SMILES string of the molecule is COC(=O)C1=C(COc2ccc(C)cc2)NC(=O)NC1c1ccc(OC)c(OC)c1. The first-order valence-corrected chi connectivity index (χ1v) is 9.27. The van der Waals surface area contributed by atoms with Gasteiger partial charge in [0.25, 0.3) is 0 Å². The molecule has 8 nitrogen and oxygen atoms in total. The number of aryl methyl sites for hydroxylation is 1. The van der Waals surface area contributed by atoms with Crippen molar-refractivity contribution in [2.75, 3.05) is 27.9 Å². The van der Waals surface area contributed by atoms with Crippen molar-refractivity contribution in [3.8, 4) is 17.2 Å².